The van der Waals surface area contributed by atoms with Crippen molar-refractivity contribution in [3.63, 3.8) is 0 Å². The largest absolute Gasteiger partial charge is 0.493 e. The molecule has 1 aromatic rings. The van der Waals surface area contributed by atoms with Gasteiger partial charge in [0.1, 0.15) is 6.61 Å². The van der Waals surface area contributed by atoms with Crippen LogP contribution in [0.25, 0.3) is 0 Å². The van der Waals surface area contributed by atoms with Gasteiger partial charge in [0, 0.05) is 6.61 Å². The molecule has 100 valence electrons. The molecule has 1 heterocycles. The molecule has 1 unspecified atom stereocenters. The fourth-order valence-electron chi connectivity index (χ4n) is 2.05. The van der Waals surface area contributed by atoms with E-state index in [0.29, 0.717) is 18.1 Å². The Hall–Kier alpha value is -1.26. The molecule has 0 spiro atoms. The van der Waals surface area contributed by atoms with E-state index in [1.807, 2.05) is 12.1 Å². The predicted octanol–water partition coefficient (Wildman–Crippen LogP) is 2.14. The first kappa shape index (κ1) is 13.2. The number of aliphatic hydroxyl groups excluding tert-OH is 1. The van der Waals surface area contributed by atoms with Gasteiger partial charge in [-0.05, 0) is 37.0 Å². The summed E-state index contributed by atoms with van der Waals surface area (Å²) in [6.45, 7) is 1.38. The topological polar surface area (TPSA) is 47.9 Å². The Balaban J connectivity index is 1.95. The molecule has 0 saturated carbocycles. The Morgan fingerprint density at radius 2 is 2.22 bits per heavy atom. The minimum Gasteiger partial charge on any atom is -0.493 e. The molecule has 1 saturated heterocycles. The van der Waals surface area contributed by atoms with Gasteiger partial charge in [0.15, 0.2) is 11.5 Å². The van der Waals surface area contributed by atoms with Crippen LogP contribution in [0, 0.1) is 0 Å². The van der Waals surface area contributed by atoms with Gasteiger partial charge in [-0.2, -0.15) is 0 Å². The van der Waals surface area contributed by atoms with Gasteiger partial charge in [-0.15, -0.1) is 0 Å². The van der Waals surface area contributed by atoms with Crippen molar-refractivity contribution in [3.8, 4) is 11.5 Å². The Bertz CT molecular complexity index is 372. The molecule has 1 aliphatic rings. The Morgan fingerprint density at radius 3 is 2.89 bits per heavy atom. The van der Waals surface area contributed by atoms with Crippen LogP contribution in [0.1, 0.15) is 24.8 Å². The van der Waals surface area contributed by atoms with E-state index in [9.17, 15) is 0 Å². The SMILES string of the molecule is COc1cc(CO)ccc1OCC1CCCCO1. The van der Waals surface area contributed by atoms with Gasteiger partial charge in [0.2, 0.25) is 0 Å². The maximum Gasteiger partial charge on any atom is 0.161 e. The van der Waals surface area contributed by atoms with Crippen molar-refractivity contribution in [1.82, 2.24) is 0 Å². The minimum absolute atomic E-state index is 0.00236. The normalized spacial score (nSPS) is 19.6. The number of ether oxygens (including phenoxy) is 3. The lowest BCUT2D eigenvalue weighted by molar-refractivity contribution is -0.0114. The molecule has 1 fully saturated rings. The molecule has 1 aliphatic heterocycles. The Labute approximate surface area is 107 Å². The smallest absolute Gasteiger partial charge is 0.161 e. The van der Waals surface area contributed by atoms with Crippen LogP contribution in [-0.4, -0.2) is 31.5 Å². The standard InChI is InChI=1S/C14H20O4/c1-16-14-8-11(9-15)5-6-13(14)18-10-12-4-2-3-7-17-12/h5-6,8,12,15H,2-4,7,9-10H2,1H3. The lowest BCUT2D eigenvalue weighted by Gasteiger charge is -2.23. The van der Waals surface area contributed by atoms with Crippen LogP contribution < -0.4 is 9.47 Å². The Morgan fingerprint density at radius 1 is 1.33 bits per heavy atom. The van der Waals surface area contributed by atoms with Crippen LogP contribution in [0.5, 0.6) is 11.5 Å². The van der Waals surface area contributed by atoms with Gasteiger partial charge >= 0.3 is 0 Å². The molecule has 0 aromatic heterocycles. The third-order valence-electron chi connectivity index (χ3n) is 3.11. The van der Waals surface area contributed by atoms with E-state index in [2.05, 4.69) is 0 Å². The third-order valence-corrected chi connectivity index (χ3v) is 3.11. The van der Waals surface area contributed by atoms with Gasteiger partial charge in [0.25, 0.3) is 0 Å². The van der Waals surface area contributed by atoms with Gasteiger partial charge in [-0.3, -0.25) is 0 Å². The summed E-state index contributed by atoms with van der Waals surface area (Å²) in [4.78, 5) is 0. The average molecular weight is 252 g/mol. The minimum atomic E-state index is 0.00236. The fourth-order valence-corrected chi connectivity index (χ4v) is 2.05. The van der Waals surface area contributed by atoms with E-state index in [0.717, 1.165) is 25.0 Å². The molecule has 18 heavy (non-hydrogen) atoms. The molecule has 0 aliphatic carbocycles. The molecule has 4 nitrogen and oxygen atoms in total. The van der Waals surface area contributed by atoms with E-state index in [1.54, 1.807) is 13.2 Å². The molecule has 4 heteroatoms. The second kappa shape index (κ2) is 6.61. The van der Waals surface area contributed by atoms with Crippen molar-refractivity contribution < 1.29 is 19.3 Å². The lowest BCUT2D eigenvalue weighted by atomic mass is 10.1. The molecular formula is C14H20O4. The Kier molecular flexibility index (Phi) is 4.84. The summed E-state index contributed by atoms with van der Waals surface area (Å²) in [7, 11) is 1.60. The summed E-state index contributed by atoms with van der Waals surface area (Å²) in [6, 6.07) is 5.45. The van der Waals surface area contributed by atoms with Crippen LogP contribution in [0.3, 0.4) is 0 Å². The number of benzene rings is 1. The molecule has 1 atom stereocenters. The monoisotopic (exact) mass is 252 g/mol. The zero-order valence-electron chi connectivity index (χ0n) is 10.7. The van der Waals surface area contributed by atoms with Gasteiger partial charge < -0.3 is 19.3 Å². The van der Waals surface area contributed by atoms with Gasteiger partial charge in [-0.25, -0.2) is 0 Å². The molecule has 0 amide bonds. The summed E-state index contributed by atoms with van der Waals surface area (Å²) < 4.78 is 16.6. The van der Waals surface area contributed by atoms with E-state index in [4.69, 9.17) is 19.3 Å². The van der Waals surface area contributed by atoms with Gasteiger partial charge in [0.05, 0.1) is 19.8 Å². The first-order valence-corrected chi connectivity index (χ1v) is 6.35. The van der Waals surface area contributed by atoms with Crippen molar-refractivity contribution in [2.75, 3.05) is 20.3 Å². The molecule has 1 aromatic carbocycles. The van der Waals surface area contributed by atoms with Crippen molar-refractivity contribution in [2.24, 2.45) is 0 Å². The van der Waals surface area contributed by atoms with E-state index >= 15 is 0 Å². The molecule has 0 radical (unpaired) electrons. The van der Waals surface area contributed by atoms with Crippen LogP contribution in [0.4, 0.5) is 0 Å². The maximum absolute atomic E-state index is 9.07. The quantitative estimate of drug-likeness (QED) is 0.872. The van der Waals surface area contributed by atoms with E-state index < -0.39 is 0 Å². The number of aliphatic hydroxyl groups is 1. The average Bonchev–Trinajstić information content (AvgIpc) is 2.46. The number of hydrogen-bond donors (Lipinski definition) is 1. The fraction of sp³-hybridized carbons (Fsp3) is 0.571. The highest BCUT2D eigenvalue weighted by Crippen LogP contribution is 2.28. The van der Waals surface area contributed by atoms with Crippen LogP contribution in [0.2, 0.25) is 0 Å². The van der Waals surface area contributed by atoms with Crippen molar-refractivity contribution in [1.29, 1.82) is 0 Å². The predicted molar refractivity (Wildman–Crippen MR) is 68.0 cm³/mol. The zero-order valence-corrected chi connectivity index (χ0v) is 10.7. The molecule has 2 rings (SSSR count). The van der Waals surface area contributed by atoms with Crippen LogP contribution in [-0.2, 0) is 11.3 Å². The number of methoxy groups -OCH3 is 1. The highest BCUT2D eigenvalue weighted by atomic mass is 16.5. The van der Waals surface area contributed by atoms with Crippen molar-refractivity contribution in [2.45, 2.75) is 32.0 Å². The highest BCUT2D eigenvalue weighted by molar-refractivity contribution is 5.42. The van der Waals surface area contributed by atoms with E-state index in [-0.39, 0.29) is 12.7 Å². The zero-order chi connectivity index (χ0) is 12.8. The number of hydrogen-bond acceptors (Lipinski definition) is 4. The third kappa shape index (κ3) is 3.37. The van der Waals surface area contributed by atoms with E-state index in [1.165, 1.54) is 6.42 Å². The lowest BCUT2D eigenvalue weighted by Crippen LogP contribution is -2.25. The van der Waals surface area contributed by atoms with Crippen LogP contribution in [0.15, 0.2) is 18.2 Å². The first-order valence-electron chi connectivity index (χ1n) is 6.35. The first-order chi connectivity index (χ1) is 8.83. The van der Waals surface area contributed by atoms with Crippen LogP contribution >= 0.6 is 0 Å². The summed E-state index contributed by atoms with van der Waals surface area (Å²) in [5.74, 6) is 1.35. The molecular weight excluding hydrogens is 232 g/mol. The second-order valence-electron chi connectivity index (χ2n) is 4.44. The molecule has 0 bridgehead atoms. The summed E-state index contributed by atoms with van der Waals surface area (Å²) >= 11 is 0. The summed E-state index contributed by atoms with van der Waals surface area (Å²) in [6.07, 6.45) is 3.58. The number of rotatable bonds is 5. The van der Waals surface area contributed by atoms with Crippen molar-refractivity contribution in [3.05, 3.63) is 23.8 Å². The van der Waals surface area contributed by atoms with Gasteiger partial charge in [-0.1, -0.05) is 6.07 Å². The highest BCUT2D eigenvalue weighted by Gasteiger charge is 2.15. The second-order valence-corrected chi connectivity index (χ2v) is 4.44. The van der Waals surface area contributed by atoms with Crippen molar-refractivity contribution >= 4 is 0 Å². The molecule has 1 N–H and O–H groups in total. The summed E-state index contributed by atoms with van der Waals surface area (Å²) in [5.41, 5.74) is 0.813. The summed E-state index contributed by atoms with van der Waals surface area (Å²) in [5, 5.41) is 9.07. The maximum atomic E-state index is 9.07.